The lowest BCUT2D eigenvalue weighted by Gasteiger charge is -2.23. The second-order valence-corrected chi connectivity index (χ2v) is 5.60. The van der Waals surface area contributed by atoms with Gasteiger partial charge in [0.15, 0.2) is 5.13 Å². The molecule has 1 heterocycles. The highest BCUT2D eigenvalue weighted by Crippen LogP contribution is 2.30. The second kappa shape index (κ2) is 6.33. The zero-order chi connectivity index (χ0) is 13.0. The smallest absolute Gasteiger partial charge is 0.185 e. The summed E-state index contributed by atoms with van der Waals surface area (Å²) in [6.45, 7) is 7.02. The van der Waals surface area contributed by atoms with Crippen LogP contribution in [0.4, 0.5) is 5.13 Å². The molecule has 4 nitrogen and oxygen atoms in total. The summed E-state index contributed by atoms with van der Waals surface area (Å²) >= 11 is 1.56. The Hall–Kier alpha value is -0.650. The molecule has 1 atom stereocenters. The molecule has 0 fully saturated rings. The molecular weight excluding hydrogens is 236 g/mol. The van der Waals surface area contributed by atoms with Gasteiger partial charge in [-0.05, 0) is 12.8 Å². The number of likely N-dealkylation sites (N-methyl/N-ethyl adjacent to an activating group) is 1. The third-order valence-electron chi connectivity index (χ3n) is 2.78. The molecule has 17 heavy (non-hydrogen) atoms. The van der Waals surface area contributed by atoms with E-state index in [4.69, 9.17) is 4.74 Å². The van der Waals surface area contributed by atoms with Crippen LogP contribution in [0.2, 0.25) is 0 Å². The van der Waals surface area contributed by atoms with Crippen LogP contribution in [0.25, 0.3) is 0 Å². The van der Waals surface area contributed by atoms with E-state index in [9.17, 15) is 5.11 Å². The molecule has 0 aliphatic rings. The Morgan fingerprint density at radius 3 is 2.47 bits per heavy atom. The number of rotatable bonds is 6. The maximum atomic E-state index is 9.33. The van der Waals surface area contributed by atoms with Gasteiger partial charge in [0, 0.05) is 14.2 Å². The molecule has 1 aromatic heterocycles. The fourth-order valence-electron chi connectivity index (χ4n) is 1.61. The van der Waals surface area contributed by atoms with Gasteiger partial charge in [-0.15, -0.1) is 0 Å². The van der Waals surface area contributed by atoms with Crippen molar-refractivity contribution in [2.45, 2.75) is 39.3 Å². The number of ether oxygens (including phenoxy) is 1. The monoisotopic (exact) mass is 258 g/mol. The molecular formula is C12H22N2O2S. The molecule has 0 aromatic carbocycles. The first-order chi connectivity index (χ1) is 8.01. The van der Waals surface area contributed by atoms with Gasteiger partial charge in [-0.3, -0.25) is 0 Å². The summed E-state index contributed by atoms with van der Waals surface area (Å²) in [5.41, 5.74) is 1.00. The van der Waals surface area contributed by atoms with E-state index in [0.29, 0.717) is 12.5 Å². The standard InChI is InChI=1S/C12H22N2O2S/c1-8(2)11-10(6-15)17-12(13-11)14(4)9(3)7-16-5/h8-9,15H,6-7H2,1-5H3. The van der Waals surface area contributed by atoms with Crippen molar-refractivity contribution in [2.24, 2.45) is 0 Å². The predicted molar refractivity (Wildman–Crippen MR) is 71.9 cm³/mol. The van der Waals surface area contributed by atoms with Crippen LogP contribution in [0.15, 0.2) is 0 Å². The molecule has 0 aliphatic heterocycles. The minimum absolute atomic E-state index is 0.0671. The van der Waals surface area contributed by atoms with Crippen LogP contribution in [0.1, 0.15) is 37.3 Å². The Morgan fingerprint density at radius 1 is 1.41 bits per heavy atom. The van der Waals surface area contributed by atoms with Gasteiger partial charge < -0.3 is 14.7 Å². The minimum Gasteiger partial charge on any atom is -0.391 e. The van der Waals surface area contributed by atoms with E-state index in [2.05, 4.69) is 30.7 Å². The molecule has 98 valence electrons. The van der Waals surface area contributed by atoms with Crippen LogP contribution < -0.4 is 4.90 Å². The lowest BCUT2D eigenvalue weighted by atomic mass is 10.1. The van der Waals surface area contributed by atoms with Gasteiger partial charge in [-0.1, -0.05) is 25.2 Å². The zero-order valence-electron chi connectivity index (χ0n) is 11.2. The van der Waals surface area contributed by atoms with E-state index in [1.165, 1.54) is 0 Å². The van der Waals surface area contributed by atoms with Crippen molar-refractivity contribution in [3.05, 3.63) is 10.6 Å². The summed E-state index contributed by atoms with van der Waals surface area (Å²) in [6.07, 6.45) is 0. The van der Waals surface area contributed by atoms with Crippen molar-refractivity contribution >= 4 is 16.5 Å². The second-order valence-electron chi connectivity index (χ2n) is 4.53. The van der Waals surface area contributed by atoms with Crippen LogP contribution in [0.3, 0.4) is 0 Å². The lowest BCUT2D eigenvalue weighted by molar-refractivity contribution is 0.183. The molecule has 0 radical (unpaired) electrons. The average Bonchev–Trinajstić information content (AvgIpc) is 2.72. The summed E-state index contributed by atoms with van der Waals surface area (Å²) in [5, 5.41) is 10.3. The fraction of sp³-hybridized carbons (Fsp3) is 0.750. The van der Waals surface area contributed by atoms with Gasteiger partial charge in [0.25, 0.3) is 0 Å². The Bertz CT molecular complexity index is 352. The molecule has 1 rings (SSSR count). The quantitative estimate of drug-likeness (QED) is 0.850. The number of anilines is 1. The predicted octanol–water partition coefficient (Wildman–Crippen LogP) is 2.23. The van der Waals surface area contributed by atoms with Crippen molar-refractivity contribution in [2.75, 3.05) is 25.7 Å². The molecule has 0 bridgehead atoms. The van der Waals surface area contributed by atoms with Crippen LogP contribution in [-0.2, 0) is 11.3 Å². The lowest BCUT2D eigenvalue weighted by Crippen LogP contribution is -2.32. The molecule has 0 saturated heterocycles. The molecule has 1 unspecified atom stereocenters. The summed E-state index contributed by atoms with van der Waals surface area (Å²) in [7, 11) is 3.71. The van der Waals surface area contributed by atoms with Gasteiger partial charge in [0.2, 0.25) is 0 Å². The number of aromatic nitrogens is 1. The van der Waals surface area contributed by atoms with Crippen molar-refractivity contribution in [1.82, 2.24) is 4.98 Å². The Kier molecular flexibility index (Phi) is 5.36. The number of hydrogen-bond donors (Lipinski definition) is 1. The van der Waals surface area contributed by atoms with E-state index in [0.717, 1.165) is 15.7 Å². The van der Waals surface area contributed by atoms with E-state index < -0.39 is 0 Å². The van der Waals surface area contributed by atoms with Gasteiger partial charge in [-0.25, -0.2) is 4.98 Å². The normalized spacial score (nSPS) is 13.1. The van der Waals surface area contributed by atoms with Crippen LogP contribution in [0, 0.1) is 0 Å². The summed E-state index contributed by atoms with van der Waals surface area (Å²) in [4.78, 5) is 7.67. The van der Waals surface area contributed by atoms with Crippen LogP contribution in [0.5, 0.6) is 0 Å². The number of nitrogens with zero attached hydrogens (tertiary/aromatic N) is 2. The van der Waals surface area contributed by atoms with Crippen molar-refractivity contribution in [1.29, 1.82) is 0 Å². The van der Waals surface area contributed by atoms with Gasteiger partial charge in [0.1, 0.15) is 0 Å². The number of hydrogen-bond acceptors (Lipinski definition) is 5. The molecule has 0 aliphatic carbocycles. The average molecular weight is 258 g/mol. The Morgan fingerprint density at radius 2 is 2.06 bits per heavy atom. The van der Waals surface area contributed by atoms with Gasteiger partial charge in [-0.2, -0.15) is 0 Å². The summed E-state index contributed by atoms with van der Waals surface area (Å²) in [6, 6.07) is 0.276. The van der Waals surface area contributed by atoms with Gasteiger partial charge >= 0.3 is 0 Å². The first-order valence-electron chi connectivity index (χ1n) is 5.83. The van der Waals surface area contributed by atoms with Crippen LogP contribution >= 0.6 is 11.3 Å². The highest BCUT2D eigenvalue weighted by molar-refractivity contribution is 7.15. The number of methoxy groups -OCH3 is 1. The zero-order valence-corrected chi connectivity index (χ0v) is 12.0. The highest BCUT2D eigenvalue weighted by Gasteiger charge is 2.18. The Labute approximate surface area is 107 Å². The first kappa shape index (κ1) is 14.4. The van der Waals surface area contributed by atoms with Crippen molar-refractivity contribution in [3.63, 3.8) is 0 Å². The largest absolute Gasteiger partial charge is 0.391 e. The fourth-order valence-corrected chi connectivity index (χ4v) is 2.75. The van der Waals surface area contributed by atoms with E-state index in [1.807, 2.05) is 7.05 Å². The molecule has 1 aromatic rings. The molecule has 0 saturated carbocycles. The van der Waals surface area contributed by atoms with Crippen molar-refractivity contribution < 1.29 is 9.84 Å². The van der Waals surface area contributed by atoms with E-state index in [1.54, 1.807) is 18.4 Å². The van der Waals surface area contributed by atoms with E-state index in [-0.39, 0.29) is 12.6 Å². The van der Waals surface area contributed by atoms with Crippen molar-refractivity contribution in [3.8, 4) is 0 Å². The summed E-state index contributed by atoms with van der Waals surface area (Å²) < 4.78 is 5.14. The molecule has 0 spiro atoms. The maximum absolute atomic E-state index is 9.33. The third kappa shape index (κ3) is 3.40. The Balaban J connectivity index is 2.91. The van der Waals surface area contributed by atoms with Crippen LogP contribution in [-0.4, -0.2) is 36.9 Å². The molecule has 0 amide bonds. The first-order valence-corrected chi connectivity index (χ1v) is 6.65. The number of thiazole rings is 1. The van der Waals surface area contributed by atoms with E-state index >= 15 is 0 Å². The number of aliphatic hydroxyl groups is 1. The topological polar surface area (TPSA) is 45.6 Å². The molecule has 5 heteroatoms. The maximum Gasteiger partial charge on any atom is 0.185 e. The third-order valence-corrected chi connectivity index (χ3v) is 3.92. The van der Waals surface area contributed by atoms with Gasteiger partial charge in [0.05, 0.1) is 29.8 Å². The summed E-state index contributed by atoms with van der Waals surface area (Å²) in [5.74, 6) is 0.341. The SMILES string of the molecule is COCC(C)N(C)c1nc(C(C)C)c(CO)s1. The number of aliphatic hydroxyl groups excluding tert-OH is 1. The minimum atomic E-state index is 0.0671. The highest BCUT2D eigenvalue weighted by atomic mass is 32.1. The molecule has 1 N–H and O–H groups in total.